The zero-order valence-corrected chi connectivity index (χ0v) is 17.7. The maximum atomic E-state index is 11.3. The largest absolute Gasteiger partial charge is 0.487 e. The fourth-order valence-electron chi connectivity index (χ4n) is 3.79. The first-order valence-corrected chi connectivity index (χ1v) is 10.3. The number of amides is 1. The molecular weight excluding hydrogens is 406 g/mol. The summed E-state index contributed by atoms with van der Waals surface area (Å²) in [7, 11) is 1.45. The number of hydrogen-bond acceptors (Lipinski definition) is 4. The highest BCUT2D eigenvalue weighted by Gasteiger charge is 2.26. The zero-order valence-electron chi connectivity index (χ0n) is 17.7. The highest BCUT2D eigenvalue weighted by molar-refractivity contribution is 5.82. The predicted octanol–water partition coefficient (Wildman–Crippen LogP) is 4.18. The topological polar surface area (TPSA) is 87.8 Å². The molecule has 164 valence electrons. The number of carbonyl (C=O) groups is 1. The van der Waals surface area contributed by atoms with Gasteiger partial charge in [-0.05, 0) is 42.0 Å². The van der Waals surface area contributed by atoms with Gasteiger partial charge in [0, 0.05) is 30.3 Å². The van der Waals surface area contributed by atoms with E-state index in [0.717, 1.165) is 32.8 Å². The Balaban J connectivity index is 1.63. The first-order chi connectivity index (χ1) is 15.5. The minimum Gasteiger partial charge on any atom is -0.487 e. The molecule has 4 rings (SSSR count). The molecule has 0 spiro atoms. The smallest absolute Gasteiger partial charge is 0.407 e. The van der Waals surface area contributed by atoms with Gasteiger partial charge in [-0.15, -0.1) is 0 Å². The van der Waals surface area contributed by atoms with Gasteiger partial charge in [0.25, 0.3) is 0 Å². The zero-order chi connectivity index (χ0) is 22.5. The lowest BCUT2D eigenvalue weighted by Gasteiger charge is -2.28. The van der Waals surface area contributed by atoms with Gasteiger partial charge in [-0.2, -0.15) is 0 Å². The maximum absolute atomic E-state index is 11.3. The quantitative estimate of drug-likeness (QED) is 0.437. The lowest BCUT2D eigenvalue weighted by molar-refractivity contribution is 0.0850. The SMILES string of the molecule is CN(C[C@@H](O)[C@H](c1ccccc1)n1ccc2cc(OCc3ccccn3)ccc21)C(=O)O. The molecule has 2 heterocycles. The van der Waals surface area contributed by atoms with Crippen molar-refractivity contribution in [3.63, 3.8) is 0 Å². The van der Waals surface area contributed by atoms with Crippen LogP contribution >= 0.6 is 0 Å². The van der Waals surface area contributed by atoms with Crippen LogP contribution in [0, 0.1) is 0 Å². The standard InChI is InChI=1S/C25H25N3O4/c1-27(25(30)31)16-23(29)24(18-7-3-2-4-8-18)28-14-12-19-15-21(10-11-22(19)28)32-17-20-9-5-6-13-26-20/h2-15,23-24,29H,16-17H2,1H3,(H,30,31)/t23-,24+/m1/s1. The van der Waals surface area contributed by atoms with Crippen LogP contribution in [0.5, 0.6) is 5.75 Å². The molecule has 0 radical (unpaired) electrons. The van der Waals surface area contributed by atoms with Crippen molar-refractivity contribution in [2.24, 2.45) is 0 Å². The van der Waals surface area contributed by atoms with Crippen molar-refractivity contribution in [2.45, 2.75) is 18.8 Å². The summed E-state index contributed by atoms with van der Waals surface area (Å²) >= 11 is 0. The van der Waals surface area contributed by atoms with Crippen molar-refractivity contribution in [3.05, 3.63) is 96.4 Å². The minimum absolute atomic E-state index is 0.0140. The highest BCUT2D eigenvalue weighted by atomic mass is 16.5. The summed E-state index contributed by atoms with van der Waals surface area (Å²) in [6, 6.07) is 22.6. The summed E-state index contributed by atoms with van der Waals surface area (Å²) in [5.74, 6) is 0.725. The van der Waals surface area contributed by atoms with Gasteiger partial charge < -0.3 is 24.4 Å². The van der Waals surface area contributed by atoms with Crippen molar-refractivity contribution >= 4 is 17.0 Å². The van der Waals surface area contributed by atoms with Crippen molar-refractivity contribution in [1.29, 1.82) is 0 Å². The number of benzene rings is 2. The summed E-state index contributed by atoms with van der Waals surface area (Å²) in [5.41, 5.74) is 2.66. The molecule has 0 saturated carbocycles. The van der Waals surface area contributed by atoms with Crippen molar-refractivity contribution < 1.29 is 19.7 Å². The Hall–Kier alpha value is -3.84. The van der Waals surface area contributed by atoms with Crippen LogP contribution in [0.4, 0.5) is 4.79 Å². The predicted molar refractivity (Wildman–Crippen MR) is 122 cm³/mol. The second kappa shape index (κ2) is 9.53. The molecule has 4 aromatic rings. The molecular formula is C25H25N3O4. The molecule has 0 unspecified atom stereocenters. The fraction of sp³-hybridized carbons (Fsp3) is 0.200. The van der Waals surface area contributed by atoms with Gasteiger partial charge in [-0.25, -0.2) is 4.79 Å². The van der Waals surface area contributed by atoms with E-state index in [2.05, 4.69) is 4.98 Å². The number of rotatable bonds is 8. The van der Waals surface area contributed by atoms with E-state index in [0.29, 0.717) is 6.61 Å². The Labute approximate surface area is 186 Å². The van der Waals surface area contributed by atoms with E-state index >= 15 is 0 Å². The number of carboxylic acid groups (broad SMARTS) is 1. The molecule has 0 bridgehead atoms. The number of aromatic nitrogens is 2. The Kier molecular flexibility index (Phi) is 6.37. The molecule has 0 aliphatic heterocycles. The molecule has 2 aromatic heterocycles. The van der Waals surface area contributed by atoms with E-state index in [1.54, 1.807) is 6.20 Å². The highest BCUT2D eigenvalue weighted by Crippen LogP contribution is 2.30. The van der Waals surface area contributed by atoms with E-state index in [4.69, 9.17) is 4.74 Å². The van der Waals surface area contributed by atoms with E-state index in [9.17, 15) is 15.0 Å². The summed E-state index contributed by atoms with van der Waals surface area (Å²) in [5, 5.41) is 21.2. The number of pyridine rings is 1. The van der Waals surface area contributed by atoms with E-state index in [1.807, 2.05) is 83.6 Å². The third kappa shape index (κ3) is 4.73. The molecule has 0 saturated heterocycles. The molecule has 0 aliphatic carbocycles. The third-order valence-corrected chi connectivity index (χ3v) is 5.40. The number of likely N-dealkylation sites (N-methyl/N-ethyl adjacent to an activating group) is 1. The molecule has 1 amide bonds. The number of aliphatic hydroxyl groups excluding tert-OH is 1. The van der Waals surface area contributed by atoms with Crippen LogP contribution in [-0.2, 0) is 6.61 Å². The number of fused-ring (bicyclic) bond motifs is 1. The lowest BCUT2D eigenvalue weighted by Crippen LogP contribution is -2.38. The van der Waals surface area contributed by atoms with E-state index < -0.39 is 18.2 Å². The van der Waals surface area contributed by atoms with Crippen LogP contribution in [0.1, 0.15) is 17.3 Å². The summed E-state index contributed by atoms with van der Waals surface area (Å²) < 4.78 is 7.87. The monoisotopic (exact) mass is 431 g/mol. The molecule has 0 fully saturated rings. The fourth-order valence-corrected chi connectivity index (χ4v) is 3.79. The number of hydrogen-bond donors (Lipinski definition) is 2. The maximum Gasteiger partial charge on any atom is 0.407 e. The molecule has 0 aliphatic rings. The summed E-state index contributed by atoms with van der Waals surface area (Å²) in [4.78, 5) is 16.6. The molecule has 2 N–H and O–H groups in total. The van der Waals surface area contributed by atoms with Gasteiger partial charge in [-0.3, -0.25) is 4.98 Å². The molecule has 7 heteroatoms. The second-order valence-electron chi connectivity index (χ2n) is 7.64. The Bertz CT molecular complexity index is 1180. The second-order valence-corrected chi connectivity index (χ2v) is 7.64. The summed E-state index contributed by atoms with van der Waals surface area (Å²) in [6.45, 7) is 0.361. The molecule has 7 nitrogen and oxygen atoms in total. The normalized spacial score (nSPS) is 12.9. The first kappa shape index (κ1) is 21.4. The van der Waals surface area contributed by atoms with Gasteiger partial charge in [0.2, 0.25) is 0 Å². The van der Waals surface area contributed by atoms with Gasteiger partial charge in [0.05, 0.1) is 24.4 Å². The van der Waals surface area contributed by atoms with Crippen LogP contribution in [0.15, 0.2) is 85.2 Å². The van der Waals surface area contributed by atoms with Gasteiger partial charge >= 0.3 is 6.09 Å². The molecule has 2 aromatic carbocycles. The van der Waals surface area contributed by atoms with Crippen molar-refractivity contribution in [1.82, 2.24) is 14.5 Å². The Morgan fingerprint density at radius 1 is 1.09 bits per heavy atom. The average molecular weight is 431 g/mol. The van der Waals surface area contributed by atoms with E-state index in [1.165, 1.54) is 7.05 Å². The van der Waals surface area contributed by atoms with Crippen LogP contribution in [0.3, 0.4) is 0 Å². The first-order valence-electron chi connectivity index (χ1n) is 10.3. The molecule has 32 heavy (non-hydrogen) atoms. The third-order valence-electron chi connectivity index (χ3n) is 5.40. The van der Waals surface area contributed by atoms with Gasteiger partial charge in [-0.1, -0.05) is 36.4 Å². The minimum atomic E-state index is -1.08. The number of ether oxygens (including phenoxy) is 1. The Morgan fingerprint density at radius 2 is 1.88 bits per heavy atom. The van der Waals surface area contributed by atoms with Crippen LogP contribution < -0.4 is 4.74 Å². The average Bonchev–Trinajstić information content (AvgIpc) is 3.22. The van der Waals surface area contributed by atoms with Gasteiger partial charge in [0.15, 0.2) is 0 Å². The van der Waals surface area contributed by atoms with E-state index in [-0.39, 0.29) is 6.54 Å². The van der Waals surface area contributed by atoms with Crippen LogP contribution in [0.25, 0.3) is 10.9 Å². The number of aliphatic hydroxyl groups is 1. The van der Waals surface area contributed by atoms with Gasteiger partial charge in [0.1, 0.15) is 12.4 Å². The summed E-state index contributed by atoms with van der Waals surface area (Å²) in [6.07, 6.45) is 1.63. The molecule has 2 atom stereocenters. The van der Waals surface area contributed by atoms with Crippen molar-refractivity contribution in [2.75, 3.05) is 13.6 Å². The number of nitrogens with zero attached hydrogens (tertiary/aromatic N) is 3. The van der Waals surface area contributed by atoms with Crippen LogP contribution in [0.2, 0.25) is 0 Å². The lowest BCUT2D eigenvalue weighted by atomic mass is 10.0. The van der Waals surface area contributed by atoms with Crippen LogP contribution in [-0.4, -0.2) is 50.5 Å². The van der Waals surface area contributed by atoms with Crippen molar-refractivity contribution in [3.8, 4) is 5.75 Å². The Morgan fingerprint density at radius 3 is 2.59 bits per heavy atom.